The molecule has 118 valence electrons. The smallest absolute Gasteiger partial charge is 0.168 e. The summed E-state index contributed by atoms with van der Waals surface area (Å²) in [6.07, 6.45) is 8.31. The van der Waals surface area contributed by atoms with Gasteiger partial charge in [-0.3, -0.25) is 0 Å². The summed E-state index contributed by atoms with van der Waals surface area (Å²) in [6, 6.07) is 8.80. The molecular weight excluding hydrogens is 306 g/mol. The minimum absolute atomic E-state index is 0.0784. The standard InChI is InChI=1S/C19H19NO2S/c1-2-4-15-14(3-1)13-16(17-20-9-12-23-17)18(15)5-7-19(8-6-18)21-10-11-22-19/h1-4,9,12-13H,5-8,10-11H2. The predicted octanol–water partition coefficient (Wildman–Crippen LogP) is 4.25. The summed E-state index contributed by atoms with van der Waals surface area (Å²) in [5.74, 6) is -0.323. The second-order valence-electron chi connectivity index (χ2n) is 6.67. The highest BCUT2D eigenvalue weighted by Gasteiger charge is 2.51. The maximum Gasteiger partial charge on any atom is 0.168 e. The molecule has 1 saturated carbocycles. The van der Waals surface area contributed by atoms with Crippen LogP contribution in [0, 0.1) is 0 Å². The van der Waals surface area contributed by atoms with Crippen molar-refractivity contribution in [1.82, 2.24) is 4.98 Å². The lowest BCUT2D eigenvalue weighted by Gasteiger charge is -2.43. The van der Waals surface area contributed by atoms with E-state index in [1.54, 1.807) is 11.3 Å². The van der Waals surface area contributed by atoms with Gasteiger partial charge in [0.25, 0.3) is 0 Å². The molecule has 1 aromatic carbocycles. The van der Waals surface area contributed by atoms with Crippen LogP contribution in [0.1, 0.15) is 41.8 Å². The van der Waals surface area contributed by atoms with Crippen molar-refractivity contribution in [2.45, 2.75) is 36.9 Å². The van der Waals surface area contributed by atoms with Crippen LogP contribution < -0.4 is 0 Å². The van der Waals surface area contributed by atoms with E-state index in [-0.39, 0.29) is 11.2 Å². The van der Waals surface area contributed by atoms with E-state index in [0.717, 1.165) is 43.9 Å². The summed E-state index contributed by atoms with van der Waals surface area (Å²) in [4.78, 5) is 4.61. The molecule has 0 atom stereocenters. The first kappa shape index (κ1) is 13.9. The minimum Gasteiger partial charge on any atom is -0.348 e. The molecule has 2 aromatic rings. The number of benzene rings is 1. The molecule has 4 heteroatoms. The Bertz CT molecular complexity index is 749. The van der Waals surface area contributed by atoms with Crippen molar-refractivity contribution >= 4 is 23.0 Å². The second kappa shape index (κ2) is 5.00. The lowest BCUT2D eigenvalue weighted by atomic mass is 9.65. The number of ether oxygens (including phenoxy) is 2. The molecule has 2 fully saturated rings. The molecule has 3 nitrogen and oxygen atoms in total. The second-order valence-corrected chi connectivity index (χ2v) is 7.57. The van der Waals surface area contributed by atoms with Crippen molar-refractivity contribution in [2.75, 3.05) is 13.2 Å². The monoisotopic (exact) mass is 325 g/mol. The van der Waals surface area contributed by atoms with E-state index in [1.807, 2.05) is 6.20 Å². The van der Waals surface area contributed by atoms with E-state index in [9.17, 15) is 0 Å². The van der Waals surface area contributed by atoms with Gasteiger partial charge in [0.1, 0.15) is 5.01 Å². The van der Waals surface area contributed by atoms with Crippen LogP contribution in [0.25, 0.3) is 11.6 Å². The van der Waals surface area contributed by atoms with Gasteiger partial charge >= 0.3 is 0 Å². The van der Waals surface area contributed by atoms with Gasteiger partial charge < -0.3 is 9.47 Å². The first-order chi connectivity index (χ1) is 11.3. The number of hydrogen-bond acceptors (Lipinski definition) is 4. The third-order valence-corrected chi connectivity index (χ3v) is 6.44. The first-order valence-electron chi connectivity index (χ1n) is 8.31. The highest BCUT2D eigenvalue weighted by atomic mass is 32.1. The third-order valence-electron chi connectivity index (χ3n) is 5.63. The van der Waals surface area contributed by atoms with E-state index in [2.05, 4.69) is 40.7 Å². The molecule has 23 heavy (non-hydrogen) atoms. The Morgan fingerprint density at radius 1 is 1.00 bits per heavy atom. The number of thiazole rings is 1. The van der Waals surface area contributed by atoms with Crippen molar-refractivity contribution in [2.24, 2.45) is 0 Å². The van der Waals surface area contributed by atoms with Crippen molar-refractivity contribution in [1.29, 1.82) is 0 Å². The molecule has 0 N–H and O–H groups in total. The summed E-state index contributed by atoms with van der Waals surface area (Å²) < 4.78 is 11.9. The fourth-order valence-corrected chi connectivity index (χ4v) is 5.26. The van der Waals surface area contributed by atoms with Gasteiger partial charge in [-0.25, -0.2) is 4.98 Å². The summed E-state index contributed by atoms with van der Waals surface area (Å²) in [7, 11) is 0. The molecule has 2 aliphatic carbocycles. The molecule has 0 amide bonds. The fraction of sp³-hybridized carbons (Fsp3) is 0.421. The fourth-order valence-electron chi connectivity index (χ4n) is 4.50. The molecule has 0 bridgehead atoms. The van der Waals surface area contributed by atoms with Crippen LogP contribution in [0.4, 0.5) is 0 Å². The van der Waals surface area contributed by atoms with Crippen LogP contribution in [0.5, 0.6) is 0 Å². The van der Waals surface area contributed by atoms with Gasteiger partial charge in [0, 0.05) is 29.8 Å². The van der Waals surface area contributed by atoms with Crippen molar-refractivity contribution < 1.29 is 9.47 Å². The molecule has 1 aliphatic heterocycles. The number of hydrogen-bond donors (Lipinski definition) is 0. The Hall–Kier alpha value is -1.49. The Kier molecular flexibility index (Phi) is 3.02. The SMILES string of the molecule is C1=C(c2nccs2)C2(CCC3(CC2)OCCO3)c2ccccc21. The number of rotatable bonds is 1. The molecule has 1 saturated heterocycles. The lowest BCUT2D eigenvalue weighted by Crippen LogP contribution is -2.42. The van der Waals surface area contributed by atoms with Crippen LogP contribution in [0.2, 0.25) is 0 Å². The number of aromatic nitrogens is 1. The van der Waals surface area contributed by atoms with Gasteiger partial charge in [-0.15, -0.1) is 11.3 Å². The van der Waals surface area contributed by atoms with E-state index in [4.69, 9.17) is 9.47 Å². The van der Waals surface area contributed by atoms with Crippen molar-refractivity contribution in [3.05, 3.63) is 52.0 Å². The summed E-state index contributed by atoms with van der Waals surface area (Å²) in [6.45, 7) is 1.47. The van der Waals surface area contributed by atoms with E-state index >= 15 is 0 Å². The van der Waals surface area contributed by atoms with Gasteiger partial charge in [-0.05, 0) is 35.6 Å². The van der Waals surface area contributed by atoms with Crippen LogP contribution >= 0.6 is 11.3 Å². The zero-order valence-electron chi connectivity index (χ0n) is 13.0. The maximum atomic E-state index is 5.94. The highest BCUT2D eigenvalue weighted by molar-refractivity contribution is 7.10. The number of allylic oxidation sites excluding steroid dienone is 1. The van der Waals surface area contributed by atoms with Crippen LogP contribution in [0.3, 0.4) is 0 Å². The molecule has 1 aromatic heterocycles. The van der Waals surface area contributed by atoms with Gasteiger partial charge in [-0.2, -0.15) is 0 Å². The van der Waals surface area contributed by atoms with Crippen molar-refractivity contribution in [3.8, 4) is 0 Å². The Morgan fingerprint density at radius 2 is 1.78 bits per heavy atom. The zero-order valence-corrected chi connectivity index (χ0v) is 13.8. The van der Waals surface area contributed by atoms with E-state index in [0.29, 0.717) is 0 Å². The first-order valence-corrected chi connectivity index (χ1v) is 9.19. The van der Waals surface area contributed by atoms with Crippen LogP contribution in [0.15, 0.2) is 35.8 Å². The molecule has 3 aliphatic rings. The summed E-state index contributed by atoms with van der Waals surface area (Å²) in [5.41, 5.74) is 4.27. The summed E-state index contributed by atoms with van der Waals surface area (Å²) in [5, 5.41) is 3.23. The lowest BCUT2D eigenvalue weighted by molar-refractivity contribution is -0.182. The van der Waals surface area contributed by atoms with Crippen molar-refractivity contribution in [3.63, 3.8) is 0 Å². The largest absolute Gasteiger partial charge is 0.348 e. The number of fused-ring (bicyclic) bond motifs is 2. The Morgan fingerprint density at radius 3 is 2.52 bits per heavy atom. The average molecular weight is 325 g/mol. The minimum atomic E-state index is -0.323. The highest BCUT2D eigenvalue weighted by Crippen LogP contribution is 2.57. The molecule has 0 unspecified atom stereocenters. The van der Waals surface area contributed by atoms with Gasteiger partial charge in [0.05, 0.1) is 13.2 Å². The Labute approximate surface area is 140 Å². The molecule has 2 heterocycles. The van der Waals surface area contributed by atoms with E-state index < -0.39 is 0 Å². The van der Waals surface area contributed by atoms with E-state index in [1.165, 1.54) is 16.7 Å². The maximum absolute atomic E-state index is 5.94. The normalized spacial score (nSPS) is 24.1. The third kappa shape index (κ3) is 1.98. The predicted molar refractivity (Wildman–Crippen MR) is 91.2 cm³/mol. The average Bonchev–Trinajstić information content (AvgIpc) is 3.31. The quantitative estimate of drug-likeness (QED) is 0.785. The zero-order chi connectivity index (χ0) is 15.3. The molecule has 0 radical (unpaired) electrons. The molecular formula is C19H19NO2S. The van der Waals surface area contributed by atoms with Gasteiger partial charge in [0.15, 0.2) is 5.79 Å². The molecule has 2 spiro atoms. The van der Waals surface area contributed by atoms with Gasteiger partial charge in [0.2, 0.25) is 0 Å². The van der Waals surface area contributed by atoms with Gasteiger partial charge in [-0.1, -0.05) is 24.3 Å². The number of nitrogens with zero attached hydrogens (tertiary/aromatic N) is 1. The topological polar surface area (TPSA) is 31.4 Å². The summed E-state index contributed by atoms with van der Waals surface area (Å²) >= 11 is 1.74. The van der Waals surface area contributed by atoms with Crippen LogP contribution in [-0.2, 0) is 14.9 Å². The van der Waals surface area contributed by atoms with Crippen LogP contribution in [-0.4, -0.2) is 24.0 Å². The molecule has 5 rings (SSSR count). The Balaban J connectivity index is 1.58.